The van der Waals surface area contributed by atoms with Crippen molar-refractivity contribution in [1.82, 2.24) is 5.32 Å². The molecule has 0 aromatic rings. The maximum absolute atomic E-state index is 5.16. The zero-order valence-electron chi connectivity index (χ0n) is 8.89. The second-order valence-electron chi connectivity index (χ2n) is 3.40. The Balaban J connectivity index is 3.68. The maximum Gasteiger partial charge on any atom is 0.0618 e. The van der Waals surface area contributed by atoms with E-state index in [2.05, 4.69) is 26.1 Å². The molecule has 2 unspecified atom stereocenters. The molecule has 2 nitrogen and oxygen atoms in total. The predicted molar refractivity (Wildman–Crippen MR) is 53.4 cm³/mol. The fourth-order valence-corrected chi connectivity index (χ4v) is 1.22. The lowest BCUT2D eigenvalue weighted by atomic mass is 10.00. The van der Waals surface area contributed by atoms with Crippen LogP contribution in [0, 0.1) is 5.92 Å². The molecule has 2 atom stereocenters. The quantitative estimate of drug-likeness (QED) is 0.636. The minimum absolute atomic E-state index is 0.528. The van der Waals surface area contributed by atoms with Crippen LogP contribution in [0.1, 0.15) is 33.6 Å². The lowest BCUT2D eigenvalue weighted by Crippen LogP contribution is -2.38. The molecule has 0 saturated carbocycles. The summed E-state index contributed by atoms with van der Waals surface area (Å²) in [7, 11) is 1.77. The fraction of sp³-hybridized carbons (Fsp3) is 1.00. The molecular weight excluding hydrogens is 150 g/mol. The SMILES string of the molecule is CCCNC(COC)C(C)CC. The molecule has 0 heterocycles. The molecule has 0 radical (unpaired) electrons. The van der Waals surface area contributed by atoms with Crippen LogP contribution in [-0.4, -0.2) is 26.3 Å². The summed E-state index contributed by atoms with van der Waals surface area (Å²) in [6.07, 6.45) is 2.40. The van der Waals surface area contributed by atoms with Gasteiger partial charge in [-0.1, -0.05) is 27.2 Å². The molecule has 0 fully saturated rings. The van der Waals surface area contributed by atoms with Crippen molar-refractivity contribution in [3.05, 3.63) is 0 Å². The zero-order chi connectivity index (χ0) is 9.40. The van der Waals surface area contributed by atoms with Crippen LogP contribution in [0.3, 0.4) is 0 Å². The number of rotatable bonds is 7. The van der Waals surface area contributed by atoms with Crippen molar-refractivity contribution in [3.63, 3.8) is 0 Å². The lowest BCUT2D eigenvalue weighted by Gasteiger charge is -2.23. The molecule has 12 heavy (non-hydrogen) atoms. The molecule has 0 amide bonds. The lowest BCUT2D eigenvalue weighted by molar-refractivity contribution is 0.142. The summed E-state index contributed by atoms with van der Waals surface area (Å²) in [5, 5.41) is 3.50. The Morgan fingerprint density at radius 2 is 2.00 bits per heavy atom. The Bertz CT molecular complexity index is 95.8. The molecule has 0 rings (SSSR count). The molecule has 0 aliphatic heterocycles. The summed E-state index contributed by atoms with van der Waals surface area (Å²) in [6.45, 7) is 8.61. The van der Waals surface area contributed by atoms with E-state index in [-0.39, 0.29) is 0 Å². The number of nitrogens with one attached hydrogen (secondary N) is 1. The van der Waals surface area contributed by atoms with Crippen LogP contribution >= 0.6 is 0 Å². The molecular formula is C10H23NO. The third-order valence-electron chi connectivity index (χ3n) is 2.33. The monoisotopic (exact) mass is 173 g/mol. The van der Waals surface area contributed by atoms with E-state index in [1.807, 2.05) is 0 Å². The van der Waals surface area contributed by atoms with Crippen molar-refractivity contribution in [2.24, 2.45) is 5.92 Å². The molecule has 74 valence electrons. The number of hydrogen-bond acceptors (Lipinski definition) is 2. The van der Waals surface area contributed by atoms with Crippen LogP contribution in [-0.2, 0) is 4.74 Å². The summed E-state index contributed by atoms with van der Waals surface area (Å²) in [4.78, 5) is 0. The molecule has 0 aromatic carbocycles. The van der Waals surface area contributed by atoms with Gasteiger partial charge in [0.1, 0.15) is 0 Å². The number of ether oxygens (including phenoxy) is 1. The molecule has 0 bridgehead atoms. The summed E-state index contributed by atoms with van der Waals surface area (Å²) >= 11 is 0. The average Bonchev–Trinajstić information content (AvgIpc) is 2.11. The Morgan fingerprint density at radius 1 is 1.33 bits per heavy atom. The van der Waals surface area contributed by atoms with Gasteiger partial charge in [-0.2, -0.15) is 0 Å². The topological polar surface area (TPSA) is 21.3 Å². The van der Waals surface area contributed by atoms with Crippen LogP contribution in [0.2, 0.25) is 0 Å². The normalized spacial score (nSPS) is 16.0. The van der Waals surface area contributed by atoms with E-state index >= 15 is 0 Å². The van der Waals surface area contributed by atoms with Crippen molar-refractivity contribution in [2.45, 2.75) is 39.7 Å². The van der Waals surface area contributed by atoms with E-state index in [1.165, 1.54) is 12.8 Å². The summed E-state index contributed by atoms with van der Waals surface area (Å²) < 4.78 is 5.16. The van der Waals surface area contributed by atoms with Crippen LogP contribution in [0.15, 0.2) is 0 Å². The second kappa shape index (κ2) is 7.56. The van der Waals surface area contributed by atoms with Gasteiger partial charge in [-0.15, -0.1) is 0 Å². The van der Waals surface area contributed by atoms with E-state index in [4.69, 9.17) is 4.74 Å². The first-order valence-electron chi connectivity index (χ1n) is 4.98. The van der Waals surface area contributed by atoms with Gasteiger partial charge in [0.25, 0.3) is 0 Å². The minimum atomic E-state index is 0.528. The van der Waals surface area contributed by atoms with E-state index in [9.17, 15) is 0 Å². The molecule has 0 saturated heterocycles. The van der Waals surface area contributed by atoms with E-state index < -0.39 is 0 Å². The molecule has 1 N–H and O–H groups in total. The summed E-state index contributed by atoms with van der Waals surface area (Å²) in [6, 6.07) is 0.528. The van der Waals surface area contributed by atoms with Gasteiger partial charge in [-0.3, -0.25) is 0 Å². The number of hydrogen-bond donors (Lipinski definition) is 1. The average molecular weight is 173 g/mol. The highest BCUT2D eigenvalue weighted by molar-refractivity contribution is 4.71. The van der Waals surface area contributed by atoms with Gasteiger partial charge < -0.3 is 10.1 Å². The second-order valence-corrected chi connectivity index (χ2v) is 3.40. The van der Waals surface area contributed by atoms with Crippen molar-refractivity contribution in [1.29, 1.82) is 0 Å². The highest BCUT2D eigenvalue weighted by atomic mass is 16.5. The number of methoxy groups -OCH3 is 1. The van der Waals surface area contributed by atoms with Crippen LogP contribution in [0.25, 0.3) is 0 Å². The van der Waals surface area contributed by atoms with Gasteiger partial charge in [0.05, 0.1) is 6.61 Å². The largest absolute Gasteiger partial charge is 0.383 e. The van der Waals surface area contributed by atoms with Crippen LogP contribution in [0.5, 0.6) is 0 Å². The van der Waals surface area contributed by atoms with Gasteiger partial charge in [0.15, 0.2) is 0 Å². The van der Waals surface area contributed by atoms with Gasteiger partial charge in [0.2, 0.25) is 0 Å². The first-order valence-corrected chi connectivity index (χ1v) is 4.98. The smallest absolute Gasteiger partial charge is 0.0618 e. The Labute approximate surface area is 76.7 Å². The predicted octanol–water partition coefficient (Wildman–Crippen LogP) is 2.05. The van der Waals surface area contributed by atoms with E-state index in [0.717, 1.165) is 13.2 Å². The van der Waals surface area contributed by atoms with Gasteiger partial charge in [-0.25, -0.2) is 0 Å². The Morgan fingerprint density at radius 3 is 2.42 bits per heavy atom. The fourth-order valence-electron chi connectivity index (χ4n) is 1.22. The molecule has 0 aliphatic carbocycles. The van der Waals surface area contributed by atoms with Crippen molar-refractivity contribution in [2.75, 3.05) is 20.3 Å². The van der Waals surface area contributed by atoms with Crippen LogP contribution in [0.4, 0.5) is 0 Å². The molecule has 0 spiro atoms. The van der Waals surface area contributed by atoms with E-state index in [1.54, 1.807) is 7.11 Å². The molecule has 2 heteroatoms. The highest BCUT2D eigenvalue weighted by Gasteiger charge is 2.13. The van der Waals surface area contributed by atoms with Crippen molar-refractivity contribution < 1.29 is 4.74 Å². The first kappa shape index (κ1) is 11.9. The Hall–Kier alpha value is -0.0800. The van der Waals surface area contributed by atoms with Crippen molar-refractivity contribution in [3.8, 4) is 0 Å². The molecule has 0 aliphatic rings. The third kappa shape index (κ3) is 4.73. The van der Waals surface area contributed by atoms with Gasteiger partial charge >= 0.3 is 0 Å². The summed E-state index contributed by atoms with van der Waals surface area (Å²) in [5.41, 5.74) is 0. The molecule has 0 aromatic heterocycles. The van der Waals surface area contributed by atoms with Gasteiger partial charge in [0, 0.05) is 13.2 Å². The van der Waals surface area contributed by atoms with Crippen LogP contribution < -0.4 is 5.32 Å². The first-order chi connectivity index (χ1) is 5.76. The van der Waals surface area contributed by atoms with E-state index in [0.29, 0.717) is 12.0 Å². The van der Waals surface area contributed by atoms with Gasteiger partial charge in [-0.05, 0) is 18.9 Å². The maximum atomic E-state index is 5.16. The summed E-state index contributed by atoms with van der Waals surface area (Å²) in [5.74, 6) is 0.705. The minimum Gasteiger partial charge on any atom is -0.383 e. The van der Waals surface area contributed by atoms with Crippen molar-refractivity contribution >= 4 is 0 Å². The highest BCUT2D eigenvalue weighted by Crippen LogP contribution is 2.07. The zero-order valence-corrected chi connectivity index (χ0v) is 8.89. The standard InChI is InChI=1S/C10H23NO/c1-5-7-11-10(8-12-4)9(3)6-2/h9-11H,5-8H2,1-4H3. The Kier molecular flexibility index (Phi) is 7.51. The third-order valence-corrected chi connectivity index (χ3v) is 2.33.